The lowest BCUT2D eigenvalue weighted by molar-refractivity contribution is -0.384. The van der Waals surface area contributed by atoms with Gasteiger partial charge in [-0.1, -0.05) is 6.07 Å². The summed E-state index contributed by atoms with van der Waals surface area (Å²) >= 11 is 4.76. The maximum atomic E-state index is 12.7. The van der Waals surface area contributed by atoms with Gasteiger partial charge in [-0.3, -0.25) is 20.3 Å². The van der Waals surface area contributed by atoms with Gasteiger partial charge in [-0.15, -0.1) is 0 Å². The van der Waals surface area contributed by atoms with Crippen LogP contribution in [0.15, 0.2) is 46.3 Å². The second kappa shape index (κ2) is 9.36. The highest BCUT2D eigenvalue weighted by molar-refractivity contribution is 7.80. The van der Waals surface area contributed by atoms with Gasteiger partial charge in [0.25, 0.3) is 11.2 Å². The topological polar surface area (TPSA) is 178 Å². The molecule has 0 spiro atoms. The largest absolute Gasteiger partial charge is 0.493 e. The first-order valence-electron chi connectivity index (χ1n) is 8.97. The number of aromatic amines is 1. The lowest BCUT2D eigenvalue weighted by atomic mass is 10.0. The molecule has 0 aliphatic carbocycles. The van der Waals surface area contributed by atoms with Gasteiger partial charge >= 0.3 is 0 Å². The van der Waals surface area contributed by atoms with Gasteiger partial charge < -0.3 is 25.3 Å². The Hall–Kier alpha value is -4.10. The van der Waals surface area contributed by atoms with Gasteiger partial charge in [-0.25, -0.2) is 4.98 Å². The monoisotopic (exact) mass is 458 g/mol. The first-order chi connectivity index (χ1) is 15.2. The van der Waals surface area contributed by atoms with E-state index in [9.17, 15) is 20.0 Å². The van der Waals surface area contributed by atoms with Crippen molar-refractivity contribution in [1.82, 2.24) is 15.4 Å². The molecule has 0 amide bonds. The number of nitrogens with one attached hydrogen (secondary N) is 2. The van der Waals surface area contributed by atoms with Crippen LogP contribution in [-0.4, -0.2) is 45.0 Å². The molecule has 0 aliphatic rings. The predicted molar refractivity (Wildman–Crippen MR) is 120 cm³/mol. The van der Waals surface area contributed by atoms with Gasteiger partial charge in [0.1, 0.15) is 11.8 Å². The number of aliphatic hydroxyl groups is 1. The number of ether oxygens (including phenoxy) is 2. The summed E-state index contributed by atoms with van der Waals surface area (Å²) in [6.45, 7) is 0. The van der Waals surface area contributed by atoms with E-state index in [4.69, 9.17) is 27.4 Å². The fourth-order valence-electron chi connectivity index (χ4n) is 2.90. The summed E-state index contributed by atoms with van der Waals surface area (Å²) in [6, 6.07) is 8.44. The van der Waals surface area contributed by atoms with Gasteiger partial charge in [-0.2, -0.15) is 5.10 Å². The van der Waals surface area contributed by atoms with Crippen LogP contribution >= 0.6 is 12.2 Å². The molecule has 0 aliphatic heterocycles. The number of thiocarbonyl (C=S) groups is 1. The van der Waals surface area contributed by atoms with Crippen molar-refractivity contribution in [3.8, 4) is 11.5 Å². The molecule has 32 heavy (non-hydrogen) atoms. The van der Waals surface area contributed by atoms with Crippen molar-refractivity contribution < 1.29 is 19.5 Å². The number of rotatable bonds is 7. The van der Waals surface area contributed by atoms with Crippen LogP contribution in [0.5, 0.6) is 11.5 Å². The quantitative estimate of drug-likeness (QED) is 0.173. The Balaban J connectivity index is 2.14. The number of nitrogens with two attached hydrogens (primary N) is 1. The molecule has 1 aromatic heterocycles. The number of H-pyrrole nitrogens is 1. The molecule has 2 aromatic carbocycles. The van der Waals surface area contributed by atoms with E-state index in [1.807, 2.05) is 0 Å². The van der Waals surface area contributed by atoms with Crippen LogP contribution in [0.2, 0.25) is 0 Å². The van der Waals surface area contributed by atoms with E-state index in [1.54, 1.807) is 12.1 Å². The number of fused-ring (bicyclic) bond motifs is 1. The number of hydrogen-bond donors (Lipinski definition) is 4. The van der Waals surface area contributed by atoms with Crippen molar-refractivity contribution in [2.75, 3.05) is 14.2 Å². The zero-order valence-electron chi connectivity index (χ0n) is 16.9. The van der Waals surface area contributed by atoms with E-state index in [1.165, 1.54) is 38.5 Å². The van der Waals surface area contributed by atoms with Crippen molar-refractivity contribution in [3.63, 3.8) is 0 Å². The number of non-ortho nitro benzene ring substituents is 1. The zero-order chi connectivity index (χ0) is 23.4. The van der Waals surface area contributed by atoms with Crippen molar-refractivity contribution in [2.24, 2.45) is 10.8 Å². The van der Waals surface area contributed by atoms with Gasteiger partial charge in [0, 0.05) is 12.1 Å². The van der Waals surface area contributed by atoms with E-state index in [-0.39, 0.29) is 33.2 Å². The van der Waals surface area contributed by atoms with Crippen LogP contribution in [0, 0.1) is 10.1 Å². The average molecular weight is 458 g/mol. The minimum Gasteiger partial charge on any atom is -0.493 e. The third kappa shape index (κ3) is 4.63. The third-order valence-corrected chi connectivity index (χ3v) is 4.49. The minimum absolute atomic E-state index is 0.148. The minimum atomic E-state index is -1.44. The molecule has 5 N–H and O–H groups in total. The maximum absolute atomic E-state index is 12.7. The summed E-state index contributed by atoms with van der Waals surface area (Å²) < 4.78 is 10.4. The van der Waals surface area contributed by atoms with E-state index in [2.05, 4.69) is 20.5 Å². The Bertz CT molecular complexity index is 1290. The number of hydrogen-bond acceptors (Lipinski definition) is 9. The number of nitrogens with zero attached hydrogens (tertiary/aromatic N) is 3. The second-order valence-corrected chi connectivity index (χ2v) is 6.80. The summed E-state index contributed by atoms with van der Waals surface area (Å²) in [7, 11) is 2.90. The molecule has 0 radical (unpaired) electrons. The number of hydrazone groups is 1. The van der Waals surface area contributed by atoms with Gasteiger partial charge in [-0.05, 0) is 36.0 Å². The van der Waals surface area contributed by atoms with E-state index in [0.717, 1.165) is 0 Å². The lowest BCUT2D eigenvalue weighted by Crippen LogP contribution is -2.31. The Kier molecular flexibility index (Phi) is 6.61. The summed E-state index contributed by atoms with van der Waals surface area (Å²) in [6.07, 6.45) is -1.44. The number of aliphatic hydroxyl groups excluding tert-OH is 1. The smallest absolute Gasteiger partial charge is 0.276 e. The van der Waals surface area contributed by atoms with Gasteiger partial charge in [0.15, 0.2) is 22.3 Å². The van der Waals surface area contributed by atoms with Gasteiger partial charge in [0.05, 0.1) is 30.2 Å². The van der Waals surface area contributed by atoms with Gasteiger partial charge in [0.2, 0.25) is 0 Å². The first-order valence-corrected chi connectivity index (χ1v) is 9.37. The van der Waals surface area contributed by atoms with Crippen LogP contribution < -0.4 is 26.2 Å². The summed E-state index contributed by atoms with van der Waals surface area (Å²) in [4.78, 5) is 29.9. The normalized spacial score (nSPS) is 12.3. The molecule has 0 bridgehead atoms. The molecule has 1 heterocycles. The van der Waals surface area contributed by atoms with E-state index < -0.39 is 16.6 Å². The number of nitro groups is 1. The molecule has 0 saturated heterocycles. The van der Waals surface area contributed by atoms with Crippen molar-refractivity contribution in [2.45, 2.75) is 6.10 Å². The Labute approximate surface area is 185 Å². The molecule has 3 aromatic rings. The van der Waals surface area contributed by atoms with Crippen molar-refractivity contribution >= 4 is 39.8 Å². The van der Waals surface area contributed by atoms with Crippen LogP contribution in [0.4, 0.5) is 5.69 Å². The van der Waals surface area contributed by atoms with E-state index in [0.29, 0.717) is 17.1 Å². The molecule has 166 valence electrons. The number of methoxy groups -OCH3 is 2. The number of nitro benzene ring substituents is 1. The van der Waals surface area contributed by atoms with Crippen LogP contribution in [-0.2, 0) is 0 Å². The third-order valence-electron chi connectivity index (χ3n) is 4.40. The Morgan fingerprint density at radius 1 is 1.28 bits per heavy atom. The Morgan fingerprint density at radius 2 is 2.00 bits per heavy atom. The number of benzene rings is 2. The fraction of sp³-hybridized carbons (Fsp3) is 0.158. The van der Waals surface area contributed by atoms with Crippen LogP contribution in [0.3, 0.4) is 0 Å². The molecule has 0 unspecified atom stereocenters. The molecule has 1 atom stereocenters. The highest BCUT2D eigenvalue weighted by atomic mass is 32.1. The fourth-order valence-corrected chi connectivity index (χ4v) is 2.95. The molecular formula is C19H18N6O6S. The molecule has 0 fully saturated rings. The van der Waals surface area contributed by atoms with E-state index >= 15 is 0 Å². The average Bonchev–Trinajstić information content (AvgIpc) is 2.78. The molecular weight excluding hydrogens is 440 g/mol. The standard InChI is InChI=1S/C19H18N6O6S/c1-30-13-6-3-9(7-14(13)31-2)17(26)15(23-24-19(20)32)16-18(27)22-12-8-10(25(28)29)4-5-11(12)21-16/h3-8,17,26H,1-2H3,(H,22,27)(H3,20,24,32)/b23-15+/t17-/m0/s1. The van der Waals surface area contributed by atoms with Crippen molar-refractivity contribution in [1.29, 1.82) is 0 Å². The first kappa shape index (κ1) is 22.6. The highest BCUT2D eigenvalue weighted by Gasteiger charge is 2.24. The van der Waals surface area contributed by atoms with Crippen LogP contribution in [0.1, 0.15) is 17.4 Å². The summed E-state index contributed by atoms with van der Waals surface area (Å²) in [5.41, 5.74) is 7.12. The summed E-state index contributed by atoms with van der Waals surface area (Å²) in [5.74, 6) is 0.782. The second-order valence-electron chi connectivity index (χ2n) is 6.36. The number of aromatic nitrogens is 2. The lowest BCUT2D eigenvalue weighted by Gasteiger charge is -2.16. The predicted octanol–water partition coefficient (Wildman–Crippen LogP) is 1.12. The molecule has 12 nitrogen and oxygen atoms in total. The SMILES string of the molecule is COc1ccc([C@H](O)/C(=N/NC(N)=S)c2nc3ccc([N+](=O)[O-])cc3[nH]c2=O)cc1OC. The van der Waals surface area contributed by atoms with Crippen molar-refractivity contribution in [3.05, 3.63) is 68.1 Å². The maximum Gasteiger partial charge on any atom is 0.276 e. The molecule has 0 saturated carbocycles. The van der Waals surface area contributed by atoms with Crippen LogP contribution in [0.25, 0.3) is 11.0 Å². The zero-order valence-corrected chi connectivity index (χ0v) is 17.7. The molecule has 3 rings (SSSR count). The Morgan fingerprint density at radius 3 is 2.62 bits per heavy atom. The molecule has 13 heteroatoms. The summed E-state index contributed by atoms with van der Waals surface area (Å²) in [5, 5.41) is 25.8. The highest BCUT2D eigenvalue weighted by Crippen LogP contribution is 2.31.